The fraction of sp³-hybridized carbons (Fsp3) is 0.133. The largest absolute Gasteiger partial charge is 0.484 e. The number of para-hydroxylation sites is 1. The molecule has 0 saturated heterocycles. The number of anilines is 1. The Hall–Kier alpha value is -2.36. The standard InChI is InChI=1S/C15H14FNO2/c1-17(13-7-3-2-4-8-13)15(18)11-19-14-9-5-6-12(16)10-14/h2-10H,11H2,1H3. The molecule has 0 aliphatic heterocycles. The third-order valence-corrected chi connectivity index (χ3v) is 2.68. The third kappa shape index (κ3) is 3.55. The Morgan fingerprint density at radius 2 is 1.89 bits per heavy atom. The average molecular weight is 259 g/mol. The van der Waals surface area contributed by atoms with Gasteiger partial charge in [-0.25, -0.2) is 4.39 Å². The normalized spacial score (nSPS) is 10.0. The first kappa shape index (κ1) is 13.1. The van der Waals surface area contributed by atoms with E-state index in [-0.39, 0.29) is 18.3 Å². The van der Waals surface area contributed by atoms with E-state index in [0.717, 1.165) is 5.69 Å². The Kier molecular flexibility index (Phi) is 4.13. The average Bonchev–Trinajstić information content (AvgIpc) is 2.45. The summed E-state index contributed by atoms with van der Waals surface area (Å²) in [5.74, 6) is -0.244. The Morgan fingerprint density at radius 3 is 2.58 bits per heavy atom. The summed E-state index contributed by atoms with van der Waals surface area (Å²) in [4.78, 5) is 13.4. The molecule has 0 aromatic heterocycles. The van der Waals surface area contributed by atoms with E-state index in [4.69, 9.17) is 4.74 Å². The maximum absolute atomic E-state index is 12.9. The number of benzene rings is 2. The van der Waals surface area contributed by atoms with Crippen molar-refractivity contribution >= 4 is 11.6 Å². The molecule has 0 atom stereocenters. The fourth-order valence-corrected chi connectivity index (χ4v) is 1.59. The van der Waals surface area contributed by atoms with Crippen molar-refractivity contribution in [2.24, 2.45) is 0 Å². The van der Waals surface area contributed by atoms with E-state index < -0.39 is 0 Å². The molecule has 1 amide bonds. The number of nitrogens with zero attached hydrogens (tertiary/aromatic N) is 1. The highest BCUT2D eigenvalue weighted by Crippen LogP contribution is 2.14. The number of likely N-dealkylation sites (N-methyl/N-ethyl adjacent to an activating group) is 1. The molecule has 0 saturated carbocycles. The van der Waals surface area contributed by atoms with Crippen LogP contribution < -0.4 is 9.64 Å². The summed E-state index contributed by atoms with van der Waals surface area (Å²) in [6.45, 7) is -0.130. The van der Waals surface area contributed by atoms with E-state index in [9.17, 15) is 9.18 Å². The maximum atomic E-state index is 12.9. The lowest BCUT2D eigenvalue weighted by molar-refractivity contribution is -0.120. The number of amides is 1. The van der Waals surface area contributed by atoms with Crippen LogP contribution in [0.3, 0.4) is 0 Å². The van der Waals surface area contributed by atoms with Gasteiger partial charge in [0.25, 0.3) is 5.91 Å². The second-order valence-corrected chi connectivity index (χ2v) is 4.03. The van der Waals surface area contributed by atoms with Crippen molar-refractivity contribution in [3.63, 3.8) is 0 Å². The Bertz CT molecular complexity index is 557. The molecule has 0 spiro atoms. The van der Waals surface area contributed by atoms with Gasteiger partial charge >= 0.3 is 0 Å². The number of halogens is 1. The van der Waals surface area contributed by atoms with Gasteiger partial charge in [0.2, 0.25) is 0 Å². The molecule has 3 nitrogen and oxygen atoms in total. The highest BCUT2D eigenvalue weighted by Gasteiger charge is 2.11. The van der Waals surface area contributed by atoms with Crippen LogP contribution in [0.25, 0.3) is 0 Å². The van der Waals surface area contributed by atoms with E-state index in [1.807, 2.05) is 30.3 Å². The summed E-state index contributed by atoms with van der Waals surface area (Å²) in [7, 11) is 1.67. The lowest BCUT2D eigenvalue weighted by Crippen LogP contribution is -2.31. The van der Waals surface area contributed by atoms with Crippen LogP contribution in [-0.4, -0.2) is 19.6 Å². The summed E-state index contributed by atoms with van der Waals surface area (Å²) in [5.41, 5.74) is 0.787. The predicted octanol–water partition coefficient (Wildman–Crippen LogP) is 2.87. The molecule has 4 heteroatoms. The zero-order valence-electron chi connectivity index (χ0n) is 10.5. The molecule has 19 heavy (non-hydrogen) atoms. The van der Waals surface area contributed by atoms with Crippen LogP contribution in [0.2, 0.25) is 0 Å². The smallest absolute Gasteiger partial charge is 0.264 e. The van der Waals surface area contributed by atoms with Gasteiger partial charge in [0.15, 0.2) is 6.61 Å². The SMILES string of the molecule is CN(C(=O)COc1cccc(F)c1)c1ccccc1. The number of carbonyl (C=O) groups excluding carboxylic acids is 1. The zero-order chi connectivity index (χ0) is 13.7. The second kappa shape index (κ2) is 6.00. The Labute approximate surface area is 111 Å². The van der Waals surface area contributed by atoms with Crippen molar-refractivity contribution < 1.29 is 13.9 Å². The van der Waals surface area contributed by atoms with Crippen LogP contribution in [0.4, 0.5) is 10.1 Å². The molecule has 0 bridgehead atoms. The van der Waals surface area contributed by atoms with Crippen LogP contribution in [0.1, 0.15) is 0 Å². The first-order valence-corrected chi connectivity index (χ1v) is 5.87. The molecule has 0 fully saturated rings. The van der Waals surface area contributed by atoms with Crippen molar-refractivity contribution in [1.82, 2.24) is 0 Å². The predicted molar refractivity (Wildman–Crippen MR) is 71.7 cm³/mol. The fourth-order valence-electron chi connectivity index (χ4n) is 1.59. The summed E-state index contributed by atoms with van der Waals surface area (Å²) in [6.07, 6.45) is 0. The van der Waals surface area contributed by atoms with Crippen molar-refractivity contribution in [2.75, 3.05) is 18.6 Å². The monoisotopic (exact) mass is 259 g/mol. The minimum Gasteiger partial charge on any atom is -0.484 e. The molecule has 0 radical (unpaired) electrons. The van der Waals surface area contributed by atoms with Gasteiger partial charge in [0, 0.05) is 18.8 Å². The highest BCUT2D eigenvalue weighted by molar-refractivity contribution is 5.93. The molecule has 2 aromatic rings. The van der Waals surface area contributed by atoms with Crippen LogP contribution in [-0.2, 0) is 4.79 Å². The molecule has 0 aliphatic rings. The molecule has 0 unspecified atom stereocenters. The van der Waals surface area contributed by atoms with Gasteiger partial charge < -0.3 is 9.64 Å². The minimum absolute atomic E-state index is 0.130. The van der Waals surface area contributed by atoms with Gasteiger partial charge in [0.05, 0.1) is 0 Å². The first-order chi connectivity index (χ1) is 9.16. The molecule has 2 rings (SSSR count). The Morgan fingerprint density at radius 1 is 1.16 bits per heavy atom. The van der Waals surface area contributed by atoms with Crippen LogP contribution in [0.15, 0.2) is 54.6 Å². The van der Waals surface area contributed by atoms with Crippen LogP contribution in [0, 0.1) is 5.82 Å². The Balaban J connectivity index is 1.95. The van der Waals surface area contributed by atoms with Gasteiger partial charge in [-0.3, -0.25) is 4.79 Å². The molecule has 98 valence electrons. The van der Waals surface area contributed by atoms with Gasteiger partial charge in [-0.1, -0.05) is 24.3 Å². The number of ether oxygens (including phenoxy) is 1. The number of carbonyl (C=O) groups is 1. The maximum Gasteiger partial charge on any atom is 0.264 e. The summed E-state index contributed by atoms with van der Waals surface area (Å²) in [6, 6.07) is 15.0. The topological polar surface area (TPSA) is 29.5 Å². The van der Waals surface area contributed by atoms with E-state index in [2.05, 4.69) is 0 Å². The van der Waals surface area contributed by atoms with E-state index >= 15 is 0 Å². The quantitative estimate of drug-likeness (QED) is 0.845. The van der Waals surface area contributed by atoms with E-state index in [1.54, 1.807) is 13.1 Å². The van der Waals surface area contributed by atoms with E-state index in [1.165, 1.54) is 23.1 Å². The molecule has 0 N–H and O–H groups in total. The second-order valence-electron chi connectivity index (χ2n) is 4.03. The third-order valence-electron chi connectivity index (χ3n) is 2.68. The van der Waals surface area contributed by atoms with Crippen molar-refractivity contribution in [3.05, 3.63) is 60.4 Å². The molecular weight excluding hydrogens is 245 g/mol. The molecule has 0 heterocycles. The molecular formula is C15H14FNO2. The van der Waals surface area contributed by atoms with Gasteiger partial charge in [0.1, 0.15) is 11.6 Å². The molecule has 2 aromatic carbocycles. The highest BCUT2D eigenvalue weighted by atomic mass is 19.1. The lowest BCUT2D eigenvalue weighted by Gasteiger charge is -2.17. The number of rotatable bonds is 4. The first-order valence-electron chi connectivity index (χ1n) is 5.87. The van der Waals surface area contributed by atoms with Gasteiger partial charge in [-0.05, 0) is 24.3 Å². The number of hydrogen-bond donors (Lipinski definition) is 0. The van der Waals surface area contributed by atoms with Crippen LogP contribution >= 0.6 is 0 Å². The van der Waals surface area contributed by atoms with Gasteiger partial charge in [-0.15, -0.1) is 0 Å². The van der Waals surface area contributed by atoms with E-state index in [0.29, 0.717) is 5.75 Å². The lowest BCUT2D eigenvalue weighted by atomic mass is 10.3. The van der Waals surface area contributed by atoms with Gasteiger partial charge in [-0.2, -0.15) is 0 Å². The summed E-state index contributed by atoms with van der Waals surface area (Å²) >= 11 is 0. The van der Waals surface area contributed by atoms with Crippen molar-refractivity contribution in [1.29, 1.82) is 0 Å². The van der Waals surface area contributed by atoms with Crippen molar-refractivity contribution in [3.8, 4) is 5.75 Å². The minimum atomic E-state index is -0.388. The van der Waals surface area contributed by atoms with Crippen LogP contribution in [0.5, 0.6) is 5.75 Å². The summed E-state index contributed by atoms with van der Waals surface area (Å²) < 4.78 is 18.2. The molecule has 0 aliphatic carbocycles. The number of hydrogen-bond acceptors (Lipinski definition) is 2. The summed E-state index contributed by atoms with van der Waals surface area (Å²) in [5, 5.41) is 0. The zero-order valence-corrected chi connectivity index (χ0v) is 10.5. The van der Waals surface area contributed by atoms with Crippen molar-refractivity contribution in [2.45, 2.75) is 0 Å².